The lowest BCUT2D eigenvalue weighted by molar-refractivity contribution is -0.158. The Morgan fingerprint density at radius 2 is 1.88 bits per heavy atom. The zero-order chi connectivity index (χ0) is 31.0. The van der Waals surface area contributed by atoms with E-state index >= 15 is 0 Å². The van der Waals surface area contributed by atoms with E-state index in [1.807, 2.05) is 0 Å². The summed E-state index contributed by atoms with van der Waals surface area (Å²) in [4.78, 5) is 39.5. The maximum absolute atomic E-state index is 13.2. The fraction of sp³-hybridized carbons (Fsp3) is 0.684. The highest BCUT2D eigenvalue weighted by Gasteiger charge is 2.55. The molecule has 2 aliphatic heterocycles. The Balaban J connectivity index is 1.78. The van der Waals surface area contributed by atoms with Crippen molar-refractivity contribution < 1.29 is 49.1 Å². The van der Waals surface area contributed by atoms with Crippen LogP contribution >= 0.6 is 23.5 Å². The average Bonchev–Trinajstić information content (AvgIpc) is 3.23. The summed E-state index contributed by atoms with van der Waals surface area (Å²) in [5.74, 6) is -6.79. The Hall–Kier alpha value is -2.43. The second-order valence-corrected chi connectivity index (χ2v) is 15.7. The standard InChI is InChI=1S/C19H26F3N7O8S4/c1-18(2,3)37-16(32)13-10(7-39-17-25-26-27-28(17)4-5-41(23,35)36)6-38-15-12(14(31)29(13)15)24-11(30)8-40(33,34)9-19(20,21)22/h12,15H,4-9H2,1-3H3,(H,24,30)(H2,23,35,36)/t12?,15-/m1/s1. The number of nitrogens with one attached hydrogen (secondary N) is 1. The first-order valence-corrected chi connectivity index (χ1v) is 17.1. The molecule has 3 N–H and O–H groups in total. The third kappa shape index (κ3) is 9.28. The number of sulfonamides is 1. The zero-order valence-corrected chi connectivity index (χ0v) is 25.0. The number of β-lactam (4-membered cyclic amide) rings is 1. The van der Waals surface area contributed by atoms with Gasteiger partial charge < -0.3 is 10.1 Å². The van der Waals surface area contributed by atoms with Crippen molar-refractivity contribution in [2.24, 2.45) is 5.14 Å². The van der Waals surface area contributed by atoms with Crippen molar-refractivity contribution in [1.82, 2.24) is 30.4 Å². The molecule has 2 aliphatic rings. The smallest absolute Gasteiger partial charge is 0.402 e. The minimum absolute atomic E-state index is 0.0700. The molecule has 3 rings (SSSR count). The lowest BCUT2D eigenvalue weighted by Gasteiger charge is -2.50. The number of aromatic nitrogens is 4. The number of tetrazole rings is 1. The molecule has 1 saturated heterocycles. The average molecular weight is 666 g/mol. The van der Waals surface area contributed by atoms with Gasteiger partial charge in [0.25, 0.3) is 5.91 Å². The van der Waals surface area contributed by atoms with Crippen molar-refractivity contribution >= 4 is 61.2 Å². The monoisotopic (exact) mass is 665 g/mol. The number of rotatable bonds is 11. The first-order valence-electron chi connectivity index (χ1n) is 11.5. The fourth-order valence-corrected chi connectivity index (χ4v) is 7.53. The number of fused-ring (bicyclic) bond motifs is 1. The third-order valence-electron chi connectivity index (χ3n) is 5.15. The number of sulfone groups is 1. The van der Waals surface area contributed by atoms with E-state index in [0.29, 0.717) is 5.57 Å². The van der Waals surface area contributed by atoms with E-state index in [1.54, 1.807) is 20.8 Å². The Kier molecular flexibility index (Phi) is 9.72. The van der Waals surface area contributed by atoms with Gasteiger partial charge in [0.05, 0.1) is 12.3 Å². The molecule has 1 unspecified atom stereocenters. The van der Waals surface area contributed by atoms with Gasteiger partial charge in [-0.2, -0.15) is 13.2 Å². The van der Waals surface area contributed by atoms with Crippen LogP contribution < -0.4 is 10.5 Å². The summed E-state index contributed by atoms with van der Waals surface area (Å²) in [5, 5.41) is 17.6. The number of hydrogen-bond donors (Lipinski definition) is 2. The first kappa shape index (κ1) is 33.1. The van der Waals surface area contributed by atoms with Gasteiger partial charge in [-0.25, -0.2) is 31.5 Å². The molecule has 0 bridgehead atoms. The van der Waals surface area contributed by atoms with Gasteiger partial charge in [0.2, 0.25) is 21.1 Å². The van der Waals surface area contributed by atoms with Crippen molar-refractivity contribution in [2.75, 3.05) is 28.8 Å². The Labute approximate surface area is 241 Å². The van der Waals surface area contributed by atoms with E-state index in [9.17, 15) is 44.4 Å². The van der Waals surface area contributed by atoms with Crippen LogP contribution in [-0.2, 0) is 45.5 Å². The second kappa shape index (κ2) is 12.1. The van der Waals surface area contributed by atoms with Crippen LogP contribution in [0.4, 0.5) is 13.2 Å². The molecule has 0 aromatic carbocycles. The molecule has 0 saturated carbocycles. The summed E-state index contributed by atoms with van der Waals surface area (Å²) in [6.45, 7) is 4.69. The van der Waals surface area contributed by atoms with E-state index in [4.69, 9.17) is 9.88 Å². The van der Waals surface area contributed by atoms with Crippen LogP contribution in [0.2, 0.25) is 0 Å². The first-order chi connectivity index (χ1) is 18.7. The number of carbonyl (C=O) groups excluding carboxylic acids is 3. The van der Waals surface area contributed by atoms with Gasteiger partial charge in [0.15, 0.2) is 9.84 Å². The highest BCUT2D eigenvalue weighted by atomic mass is 32.2. The van der Waals surface area contributed by atoms with Crippen LogP contribution in [0.5, 0.6) is 0 Å². The van der Waals surface area contributed by atoms with Gasteiger partial charge in [0, 0.05) is 11.5 Å². The summed E-state index contributed by atoms with van der Waals surface area (Å²) in [5.41, 5.74) is -0.633. The molecule has 0 spiro atoms. The van der Waals surface area contributed by atoms with E-state index in [0.717, 1.165) is 28.4 Å². The van der Waals surface area contributed by atoms with Crippen LogP contribution in [0, 0.1) is 0 Å². The molecule has 0 radical (unpaired) electrons. The van der Waals surface area contributed by atoms with Gasteiger partial charge in [-0.05, 0) is 36.8 Å². The van der Waals surface area contributed by atoms with Gasteiger partial charge >= 0.3 is 12.1 Å². The molecule has 15 nitrogen and oxygen atoms in total. The van der Waals surface area contributed by atoms with Gasteiger partial charge in [-0.3, -0.25) is 14.5 Å². The molecule has 2 amide bonds. The number of ether oxygens (including phenoxy) is 1. The molecule has 0 aliphatic carbocycles. The largest absolute Gasteiger partial charge is 0.455 e. The Morgan fingerprint density at radius 1 is 1.22 bits per heavy atom. The minimum atomic E-state index is -5.03. The predicted octanol–water partition coefficient (Wildman–Crippen LogP) is -0.973. The Bertz CT molecular complexity index is 1460. The minimum Gasteiger partial charge on any atom is -0.455 e. The number of nitrogens with zero attached hydrogens (tertiary/aromatic N) is 5. The predicted molar refractivity (Wildman–Crippen MR) is 139 cm³/mol. The molecule has 22 heteroatoms. The van der Waals surface area contributed by atoms with Crippen molar-refractivity contribution in [1.29, 1.82) is 0 Å². The van der Waals surface area contributed by atoms with Crippen LogP contribution in [0.3, 0.4) is 0 Å². The van der Waals surface area contributed by atoms with E-state index < -0.39 is 78.1 Å². The number of thioether (sulfide) groups is 2. The van der Waals surface area contributed by atoms with Gasteiger partial charge in [0.1, 0.15) is 34.2 Å². The van der Waals surface area contributed by atoms with Crippen molar-refractivity contribution in [3.8, 4) is 0 Å². The third-order valence-corrected chi connectivity index (χ3v) is 9.76. The van der Waals surface area contributed by atoms with E-state index in [-0.39, 0.29) is 28.9 Å². The van der Waals surface area contributed by atoms with Gasteiger partial charge in [-0.1, -0.05) is 11.8 Å². The van der Waals surface area contributed by atoms with E-state index in [1.165, 1.54) is 4.68 Å². The summed E-state index contributed by atoms with van der Waals surface area (Å²) < 4.78 is 90.1. The number of primary sulfonamides is 1. The summed E-state index contributed by atoms with van der Waals surface area (Å²) in [6, 6.07) is -1.29. The normalized spacial score (nSPS) is 20.0. The summed E-state index contributed by atoms with van der Waals surface area (Å²) in [6.07, 6.45) is -5.03. The topological polar surface area (TPSA) is 214 Å². The van der Waals surface area contributed by atoms with Crippen molar-refractivity contribution in [2.45, 2.75) is 55.7 Å². The summed E-state index contributed by atoms with van der Waals surface area (Å²) in [7, 11) is -8.62. The Morgan fingerprint density at radius 3 is 2.46 bits per heavy atom. The van der Waals surface area contributed by atoms with E-state index in [2.05, 4.69) is 20.8 Å². The van der Waals surface area contributed by atoms with Crippen molar-refractivity contribution in [3.05, 3.63) is 11.3 Å². The van der Waals surface area contributed by atoms with Crippen LogP contribution in [0.1, 0.15) is 20.8 Å². The molecular formula is C19H26F3N7O8S4. The maximum atomic E-state index is 13.2. The van der Waals surface area contributed by atoms with Crippen LogP contribution in [0.25, 0.3) is 0 Å². The molecule has 1 aromatic heterocycles. The van der Waals surface area contributed by atoms with Crippen LogP contribution in [-0.4, -0.2) is 112 Å². The number of esters is 1. The molecule has 41 heavy (non-hydrogen) atoms. The second-order valence-electron chi connectivity index (χ2n) is 9.90. The molecule has 3 heterocycles. The maximum Gasteiger partial charge on any atom is 0.402 e. The molecular weight excluding hydrogens is 640 g/mol. The highest BCUT2D eigenvalue weighted by Crippen LogP contribution is 2.42. The number of nitrogens with two attached hydrogens (primary N) is 1. The number of amides is 2. The quantitative estimate of drug-likeness (QED) is 0.166. The molecule has 2 atom stereocenters. The molecule has 230 valence electrons. The number of alkyl halides is 3. The van der Waals surface area contributed by atoms with Gasteiger partial charge in [-0.15, -0.1) is 16.9 Å². The number of hydrogen-bond acceptors (Lipinski definition) is 13. The van der Waals surface area contributed by atoms with Crippen molar-refractivity contribution in [3.63, 3.8) is 0 Å². The zero-order valence-electron chi connectivity index (χ0n) is 21.7. The summed E-state index contributed by atoms with van der Waals surface area (Å²) >= 11 is 2.17. The fourth-order valence-electron chi connectivity index (χ4n) is 3.63. The molecule has 1 aromatic rings. The SMILES string of the molecule is CC(C)(C)OC(=O)C1=C(CSc2nnnn2CCS(N)(=O)=O)CS[C@@H]2C(NC(=O)CS(=O)(=O)CC(F)(F)F)C(=O)N12. The number of carbonyl (C=O) groups is 3. The highest BCUT2D eigenvalue weighted by molar-refractivity contribution is 8.01. The number of aryl methyl sites for hydroxylation is 1. The lowest BCUT2D eigenvalue weighted by Crippen LogP contribution is -2.71. The van der Waals surface area contributed by atoms with Crippen LogP contribution in [0.15, 0.2) is 16.4 Å². The molecule has 1 fully saturated rings. The lowest BCUT2D eigenvalue weighted by atomic mass is 10.0. The number of halogens is 3.